The Bertz CT molecular complexity index is 522. The molecule has 100 valence electrons. The van der Waals surface area contributed by atoms with Gasteiger partial charge in [0.2, 0.25) is 0 Å². The molecule has 0 aliphatic carbocycles. The molecule has 1 amide bonds. The highest BCUT2D eigenvalue weighted by molar-refractivity contribution is 7.07. The van der Waals surface area contributed by atoms with Crippen molar-refractivity contribution in [3.05, 3.63) is 40.5 Å². The zero-order valence-corrected chi connectivity index (χ0v) is 11.8. The maximum Gasteiger partial charge on any atom is 0.254 e. The summed E-state index contributed by atoms with van der Waals surface area (Å²) in [4.78, 5) is 21.7. The van der Waals surface area contributed by atoms with Crippen LogP contribution in [0.1, 0.15) is 16.1 Å². The Morgan fingerprint density at radius 3 is 2.79 bits per heavy atom. The molecule has 0 atom stereocenters. The second kappa shape index (κ2) is 6.29. The molecule has 0 aliphatic heterocycles. The third-order valence-corrected chi connectivity index (χ3v) is 3.22. The Labute approximate surface area is 116 Å². The smallest absolute Gasteiger partial charge is 0.254 e. The molecule has 0 aliphatic rings. The van der Waals surface area contributed by atoms with Gasteiger partial charge in [0, 0.05) is 38.6 Å². The molecular weight excluding hydrogens is 260 g/mol. The van der Waals surface area contributed by atoms with Crippen LogP contribution in [-0.4, -0.2) is 41.4 Å². The summed E-state index contributed by atoms with van der Waals surface area (Å²) in [6.07, 6.45) is 2.46. The number of thiazole rings is 1. The Morgan fingerprint density at radius 1 is 1.37 bits per heavy atom. The second-order valence-electron chi connectivity index (χ2n) is 4.29. The molecule has 0 saturated carbocycles. The third kappa shape index (κ3) is 3.75. The number of nitrogens with one attached hydrogen (secondary N) is 1. The van der Waals surface area contributed by atoms with E-state index in [-0.39, 0.29) is 5.91 Å². The summed E-state index contributed by atoms with van der Waals surface area (Å²) in [5.74, 6) is 0.729. The molecule has 0 spiro atoms. The van der Waals surface area contributed by atoms with Crippen LogP contribution in [0.15, 0.2) is 29.2 Å². The SMILES string of the molecule is CN(C)C(=O)c1ccc(NCCc2cscn2)nc1. The summed E-state index contributed by atoms with van der Waals surface area (Å²) >= 11 is 1.60. The molecule has 6 heteroatoms. The first-order valence-electron chi connectivity index (χ1n) is 5.95. The van der Waals surface area contributed by atoms with Crippen molar-refractivity contribution in [1.82, 2.24) is 14.9 Å². The number of carbonyl (C=O) groups excluding carboxylic acids is 1. The number of rotatable bonds is 5. The van der Waals surface area contributed by atoms with E-state index < -0.39 is 0 Å². The maximum absolute atomic E-state index is 11.7. The van der Waals surface area contributed by atoms with Gasteiger partial charge in [0.25, 0.3) is 5.91 Å². The minimum absolute atomic E-state index is 0.0403. The number of nitrogens with zero attached hydrogens (tertiary/aromatic N) is 3. The lowest BCUT2D eigenvalue weighted by molar-refractivity contribution is 0.0827. The molecule has 0 saturated heterocycles. The van der Waals surface area contributed by atoms with Crippen LogP contribution in [-0.2, 0) is 6.42 Å². The van der Waals surface area contributed by atoms with Gasteiger partial charge in [0.05, 0.1) is 16.8 Å². The standard InChI is InChI=1S/C13H16N4OS/c1-17(2)13(18)10-3-4-12(15-7-10)14-6-5-11-8-19-9-16-11/h3-4,7-9H,5-6H2,1-2H3,(H,14,15). The van der Waals surface area contributed by atoms with Crippen molar-refractivity contribution in [2.24, 2.45) is 0 Å². The number of amides is 1. The minimum Gasteiger partial charge on any atom is -0.370 e. The first-order valence-corrected chi connectivity index (χ1v) is 6.90. The summed E-state index contributed by atoms with van der Waals surface area (Å²) in [5.41, 5.74) is 3.50. The summed E-state index contributed by atoms with van der Waals surface area (Å²) in [6.45, 7) is 0.776. The van der Waals surface area contributed by atoms with Gasteiger partial charge < -0.3 is 10.2 Å². The summed E-state index contributed by atoms with van der Waals surface area (Å²) in [5, 5.41) is 5.24. The topological polar surface area (TPSA) is 58.1 Å². The molecule has 0 unspecified atom stereocenters. The van der Waals surface area contributed by atoms with E-state index in [2.05, 4.69) is 15.3 Å². The van der Waals surface area contributed by atoms with Crippen molar-refractivity contribution in [2.45, 2.75) is 6.42 Å². The Hall–Kier alpha value is -1.95. The maximum atomic E-state index is 11.7. The monoisotopic (exact) mass is 276 g/mol. The van der Waals surface area contributed by atoms with Crippen LogP contribution < -0.4 is 5.32 Å². The Kier molecular flexibility index (Phi) is 4.46. The van der Waals surface area contributed by atoms with Gasteiger partial charge in [-0.2, -0.15) is 0 Å². The average Bonchev–Trinajstić information content (AvgIpc) is 2.92. The van der Waals surface area contributed by atoms with E-state index in [0.29, 0.717) is 5.56 Å². The number of pyridine rings is 1. The molecule has 0 bridgehead atoms. The number of hydrogen-bond acceptors (Lipinski definition) is 5. The average molecular weight is 276 g/mol. The normalized spacial score (nSPS) is 10.2. The molecular formula is C13H16N4OS. The summed E-state index contributed by atoms with van der Waals surface area (Å²) < 4.78 is 0. The van der Waals surface area contributed by atoms with Crippen LogP contribution in [0.4, 0.5) is 5.82 Å². The largest absolute Gasteiger partial charge is 0.370 e. The Morgan fingerprint density at radius 2 is 2.21 bits per heavy atom. The van der Waals surface area contributed by atoms with Gasteiger partial charge in [-0.1, -0.05) is 0 Å². The molecule has 0 fully saturated rings. The van der Waals surface area contributed by atoms with Crippen LogP contribution in [0.2, 0.25) is 0 Å². The Balaban J connectivity index is 1.86. The van der Waals surface area contributed by atoms with Crippen molar-refractivity contribution in [3.8, 4) is 0 Å². The number of carbonyl (C=O) groups is 1. The fourth-order valence-electron chi connectivity index (χ4n) is 1.56. The summed E-state index contributed by atoms with van der Waals surface area (Å²) in [6, 6.07) is 3.60. The molecule has 1 N–H and O–H groups in total. The van der Waals surface area contributed by atoms with E-state index in [9.17, 15) is 4.79 Å². The lowest BCUT2D eigenvalue weighted by Gasteiger charge is -2.10. The molecule has 2 aromatic rings. The number of aromatic nitrogens is 2. The van der Waals surface area contributed by atoms with E-state index in [4.69, 9.17) is 0 Å². The first kappa shape index (κ1) is 13.5. The van der Waals surface area contributed by atoms with Crippen molar-refractivity contribution >= 4 is 23.1 Å². The van der Waals surface area contributed by atoms with Gasteiger partial charge in [0.15, 0.2) is 0 Å². The van der Waals surface area contributed by atoms with Gasteiger partial charge in [0.1, 0.15) is 5.82 Å². The van der Waals surface area contributed by atoms with Crippen LogP contribution in [0.3, 0.4) is 0 Å². The van der Waals surface area contributed by atoms with Gasteiger partial charge in [-0.3, -0.25) is 4.79 Å². The molecule has 2 heterocycles. The van der Waals surface area contributed by atoms with Crippen molar-refractivity contribution < 1.29 is 4.79 Å². The van der Waals surface area contributed by atoms with Gasteiger partial charge >= 0.3 is 0 Å². The van der Waals surface area contributed by atoms with Crippen molar-refractivity contribution in [1.29, 1.82) is 0 Å². The first-order chi connectivity index (χ1) is 9.16. The molecule has 0 radical (unpaired) electrons. The lowest BCUT2D eigenvalue weighted by Crippen LogP contribution is -2.21. The highest BCUT2D eigenvalue weighted by Gasteiger charge is 2.07. The molecule has 19 heavy (non-hydrogen) atoms. The number of hydrogen-bond donors (Lipinski definition) is 1. The molecule has 2 rings (SSSR count). The lowest BCUT2D eigenvalue weighted by atomic mass is 10.2. The van der Waals surface area contributed by atoms with Crippen LogP contribution in [0.25, 0.3) is 0 Å². The van der Waals surface area contributed by atoms with Gasteiger partial charge in [-0.15, -0.1) is 11.3 Å². The molecule has 5 nitrogen and oxygen atoms in total. The van der Waals surface area contributed by atoms with E-state index in [1.807, 2.05) is 17.0 Å². The predicted octanol–water partition coefficient (Wildman–Crippen LogP) is 1.89. The van der Waals surface area contributed by atoms with E-state index in [1.54, 1.807) is 37.7 Å². The van der Waals surface area contributed by atoms with E-state index >= 15 is 0 Å². The van der Waals surface area contributed by atoms with E-state index in [1.165, 1.54) is 4.90 Å². The molecule has 2 aromatic heterocycles. The van der Waals surface area contributed by atoms with Crippen molar-refractivity contribution in [2.75, 3.05) is 26.0 Å². The minimum atomic E-state index is -0.0403. The highest BCUT2D eigenvalue weighted by Crippen LogP contribution is 2.07. The second-order valence-corrected chi connectivity index (χ2v) is 5.01. The number of anilines is 1. The summed E-state index contributed by atoms with van der Waals surface area (Å²) in [7, 11) is 3.45. The third-order valence-electron chi connectivity index (χ3n) is 2.59. The molecule has 0 aromatic carbocycles. The predicted molar refractivity (Wildman–Crippen MR) is 76.6 cm³/mol. The van der Waals surface area contributed by atoms with Crippen LogP contribution >= 0.6 is 11.3 Å². The van der Waals surface area contributed by atoms with Crippen LogP contribution in [0, 0.1) is 0 Å². The quantitative estimate of drug-likeness (QED) is 0.906. The van der Waals surface area contributed by atoms with Crippen molar-refractivity contribution in [3.63, 3.8) is 0 Å². The van der Waals surface area contributed by atoms with E-state index in [0.717, 1.165) is 24.5 Å². The highest BCUT2D eigenvalue weighted by atomic mass is 32.1. The van der Waals surface area contributed by atoms with Crippen LogP contribution in [0.5, 0.6) is 0 Å². The van der Waals surface area contributed by atoms with Gasteiger partial charge in [-0.25, -0.2) is 9.97 Å². The fourth-order valence-corrected chi connectivity index (χ4v) is 2.16. The zero-order chi connectivity index (χ0) is 13.7. The fraction of sp³-hybridized carbons (Fsp3) is 0.308. The zero-order valence-electron chi connectivity index (χ0n) is 11.0. The van der Waals surface area contributed by atoms with Gasteiger partial charge in [-0.05, 0) is 12.1 Å².